The van der Waals surface area contributed by atoms with Gasteiger partial charge >= 0.3 is 0 Å². The van der Waals surface area contributed by atoms with Gasteiger partial charge in [-0.05, 0) is 25.2 Å². The summed E-state index contributed by atoms with van der Waals surface area (Å²) >= 11 is 0. The van der Waals surface area contributed by atoms with E-state index in [2.05, 4.69) is 29.0 Å². The van der Waals surface area contributed by atoms with Crippen LogP contribution in [-0.4, -0.2) is 61.2 Å². The van der Waals surface area contributed by atoms with Gasteiger partial charge in [-0.1, -0.05) is 6.92 Å². The van der Waals surface area contributed by atoms with Gasteiger partial charge in [-0.15, -0.1) is 0 Å². The average Bonchev–Trinajstić information content (AvgIpc) is 3.07. The molecule has 1 saturated carbocycles. The Morgan fingerprint density at radius 3 is 2.44 bits per heavy atom. The molecule has 3 heteroatoms. The van der Waals surface area contributed by atoms with E-state index in [9.17, 15) is 0 Å². The van der Waals surface area contributed by atoms with Crippen LogP contribution in [-0.2, 0) is 0 Å². The maximum Gasteiger partial charge on any atom is 0.0349 e. The molecule has 0 aromatic rings. The highest BCUT2D eigenvalue weighted by atomic mass is 15.3. The second-order valence-corrected chi connectivity index (χ2v) is 6.27. The number of nitrogens with one attached hydrogen (secondary N) is 1. The lowest BCUT2D eigenvalue weighted by atomic mass is 10.00. The molecule has 4 aliphatic rings. The Bertz CT molecular complexity index is 254. The van der Waals surface area contributed by atoms with Gasteiger partial charge in [0.2, 0.25) is 0 Å². The lowest BCUT2D eigenvalue weighted by molar-refractivity contribution is 0.0121. The third kappa shape index (κ3) is 2.01. The van der Waals surface area contributed by atoms with E-state index in [-0.39, 0.29) is 0 Å². The van der Waals surface area contributed by atoms with Gasteiger partial charge in [-0.25, -0.2) is 0 Å². The standard InChI is InChI=1S/C13H25N3/c1-11(13(2)3-4-13)14-9-12-10-15-5-7-16(12)8-6-15/h11-12,14H,3-10H2,1-2H3. The molecule has 2 unspecified atom stereocenters. The summed E-state index contributed by atoms with van der Waals surface area (Å²) in [5.41, 5.74) is 0.614. The molecule has 3 aliphatic heterocycles. The van der Waals surface area contributed by atoms with Crippen molar-refractivity contribution in [2.75, 3.05) is 39.3 Å². The third-order valence-electron chi connectivity index (χ3n) is 5.14. The van der Waals surface area contributed by atoms with Crippen molar-refractivity contribution in [3.05, 3.63) is 0 Å². The molecule has 0 aromatic carbocycles. The Balaban J connectivity index is 1.48. The normalized spacial score (nSPS) is 42.0. The maximum absolute atomic E-state index is 3.77. The molecule has 0 aromatic heterocycles. The van der Waals surface area contributed by atoms with Gasteiger partial charge in [-0.3, -0.25) is 9.80 Å². The van der Waals surface area contributed by atoms with Crippen molar-refractivity contribution < 1.29 is 0 Å². The SMILES string of the molecule is CC(NCC1CN2CCN1CC2)C1(C)CC1. The zero-order valence-corrected chi connectivity index (χ0v) is 10.7. The van der Waals surface area contributed by atoms with E-state index in [1.165, 1.54) is 52.1 Å². The van der Waals surface area contributed by atoms with E-state index >= 15 is 0 Å². The van der Waals surface area contributed by atoms with Crippen LogP contribution in [0.3, 0.4) is 0 Å². The molecule has 0 amide bonds. The van der Waals surface area contributed by atoms with E-state index in [1.807, 2.05) is 0 Å². The second kappa shape index (κ2) is 3.97. The van der Waals surface area contributed by atoms with Crippen LogP contribution in [0, 0.1) is 5.41 Å². The minimum absolute atomic E-state index is 0.614. The molecule has 4 rings (SSSR count). The molecule has 4 fully saturated rings. The van der Waals surface area contributed by atoms with Crippen molar-refractivity contribution in [2.45, 2.75) is 38.8 Å². The highest BCUT2D eigenvalue weighted by Gasteiger charge is 2.42. The molecule has 0 spiro atoms. The molecule has 2 atom stereocenters. The van der Waals surface area contributed by atoms with E-state index in [0.29, 0.717) is 11.5 Å². The zero-order valence-electron chi connectivity index (χ0n) is 10.7. The van der Waals surface area contributed by atoms with Crippen LogP contribution in [0.5, 0.6) is 0 Å². The first-order valence-corrected chi connectivity index (χ1v) is 6.87. The summed E-state index contributed by atoms with van der Waals surface area (Å²) in [6.45, 7) is 12.4. The van der Waals surface area contributed by atoms with Gasteiger partial charge < -0.3 is 5.32 Å². The van der Waals surface area contributed by atoms with Crippen molar-refractivity contribution in [3.8, 4) is 0 Å². The van der Waals surface area contributed by atoms with Gasteiger partial charge in [0.1, 0.15) is 0 Å². The van der Waals surface area contributed by atoms with Gasteiger partial charge in [0.15, 0.2) is 0 Å². The number of rotatable bonds is 4. The monoisotopic (exact) mass is 223 g/mol. The number of hydrogen-bond acceptors (Lipinski definition) is 3. The van der Waals surface area contributed by atoms with Gasteiger partial charge in [-0.2, -0.15) is 0 Å². The van der Waals surface area contributed by atoms with Crippen molar-refractivity contribution in [2.24, 2.45) is 5.41 Å². The van der Waals surface area contributed by atoms with Gasteiger partial charge in [0, 0.05) is 51.4 Å². The minimum atomic E-state index is 0.614. The number of piperazine rings is 3. The number of fused-ring (bicyclic) bond motifs is 3. The lowest BCUT2D eigenvalue weighted by Crippen LogP contribution is -2.63. The molecular weight excluding hydrogens is 198 g/mol. The largest absolute Gasteiger partial charge is 0.312 e. The molecule has 1 N–H and O–H groups in total. The Morgan fingerprint density at radius 2 is 1.94 bits per heavy atom. The zero-order chi connectivity index (χ0) is 11.2. The minimum Gasteiger partial charge on any atom is -0.312 e. The maximum atomic E-state index is 3.77. The molecule has 0 radical (unpaired) electrons. The molecule has 3 heterocycles. The molecule has 92 valence electrons. The predicted octanol–water partition coefficient (Wildman–Crippen LogP) is 0.764. The topological polar surface area (TPSA) is 18.5 Å². The molecule has 16 heavy (non-hydrogen) atoms. The Kier molecular flexibility index (Phi) is 2.73. The van der Waals surface area contributed by atoms with Crippen molar-refractivity contribution >= 4 is 0 Å². The van der Waals surface area contributed by atoms with E-state index in [0.717, 1.165) is 6.04 Å². The van der Waals surface area contributed by atoms with Crippen LogP contribution in [0.2, 0.25) is 0 Å². The predicted molar refractivity (Wildman–Crippen MR) is 66.6 cm³/mol. The molecular formula is C13H25N3. The Morgan fingerprint density at radius 1 is 1.25 bits per heavy atom. The van der Waals surface area contributed by atoms with Crippen LogP contribution >= 0.6 is 0 Å². The van der Waals surface area contributed by atoms with Crippen LogP contribution < -0.4 is 5.32 Å². The molecule has 1 aliphatic carbocycles. The molecule has 3 saturated heterocycles. The smallest absolute Gasteiger partial charge is 0.0349 e. The first-order chi connectivity index (χ1) is 7.67. The summed E-state index contributed by atoms with van der Waals surface area (Å²) < 4.78 is 0. The summed E-state index contributed by atoms with van der Waals surface area (Å²) in [7, 11) is 0. The molecule has 2 bridgehead atoms. The van der Waals surface area contributed by atoms with Crippen LogP contribution in [0.25, 0.3) is 0 Å². The van der Waals surface area contributed by atoms with Crippen molar-refractivity contribution in [1.82, 2.24) is 15.1 Å². The van der Waals surface area contributed by atoms with E-state index in [1.54, 1.807) is 0 Å². The summed E-state index contributed by atoms with van der Waals surface area (Å²) in [4.78, 5) is 5.30. The van der Waals surface area contributed by atoms with Gasteiger partial charge in [0.25, 0.3) is 0 Å². The van der Waals surface area contributed by atoms with Crippen molar-refractivity contribution in [1.29, 1.82) is 0 Å². The summed E-state index contributed by atoms with van der Waals surface area (Å²) in [6, 6.07) is 1.47. The molecule has 3 nitrogen and oxygen atoms in total. The first kappa shape index (κ1) is 11.0. The number of hydrogen-bond donors (Lipinski definition) is 1. The summed E-state index contributed by atoms with van der Waals surface area (Å²) in [5.74, 6) is 0. The average molecular weight is 223 g/mol. The highest BCUT2D eigenvalue weighted by molar-refractivity contribution is 4.98. The fraction of sp³-hybridized carbons (Fsp3) is 1.00. The van der Waals surface area contributed by atoms with E-state index < -0.39 is 0 Å². The van der Waals surface area contributed by atoms with Crippen LogP contribution in [0.15, 0.2) is 0 Å². The number of nitrogens with zero attached hydrogens (tertiary/aromatic N) is 2. The fourth-order valence-corrected chi connectivity index (χ4v) is 3.11. The second-order valence-electron chi connectivity index (χ2n) is 6.27. The summed E-state index contributed by atoms with van der Waals surface area (Å²) in [5, 5.41) is 3.77. The fourth-order valence-electron chi connectivity index (χ4n) is 3.11. The van der Waals surface area contributed by atoms with Gasteiger partial charge in [0.05, 0.1) is 0 Å². The first-order valence-electron chi connectivity index (χ1n) is 6.87. The Labute approximate surface area is 99.2 Å². The van der Waals surface area contributed by atoms with E-state index in [4.69, 9.17) is 0 Å². The quantitative estimate of drug-likeness (QED) is 0.759. The summed E-state index contributed by atoms with van der Waals surface area (Å²) in [6.07, 6.45) is 2.84. The highest BCUT2D eigenvalue weighted by Crippen LogP contribution is 2.47. The van der Waals surface area contributed by atoms with Crippen LogP contribution in [0.1, 0.15) is 26.7 Å². The lowest BCUT2D eigenvalue weighted by Gasteiger charge is -2.48. The third-order valence-corrected chi connectivity index (χ3v) is 5.14. The van der Waals surface area contributed by atoms with Crippen LogP contribution in [0.4, 0.5) is 0 Å². The van der Waals surface area contributed by atoms with Crippen molar-refractivity contribution in [3.63, 3.8) is 0 Å². The Hall–Kier alpha value is -0.120.